The van der Waals surface area contributed by atoms with Gasteiger partial charge in [-0.3, -0.25) is 9.78 Å². The van der Waals surface area contributed by atoms with Crippen molar-refractivity contribution in [1.82, 2.24) is 14.8 Å². The average molecular weight is 191 g/mol. The summed E-state index contributed by atoms with van der Waals surface area (Å²) in [5, 5.41) is 3.93. The third-order valence-electron chi connectivity index (χ3n) is 1.94. The van der Waals surface area contributed by atoms with Gasteiger partial charge in [-0.1, -0.05) is 0 Å². The van der Waals surface area contributed by atoms with Crippen molar-refractivity contribution in [2.75, 3.05) is 7.11 Å². The van der Waals surface area contributed by atoms with Crippen molar-refractivity contribution in [2.24, 2.45) is 0 Å². The minimum atomic E-state index is -0.161. The van der Waals surface area contributed by atoms with Gasteiger partial charge in [0.25, 0.3) is 0 Å². The maximum atomic E-state index is 11.2. The van der Waals surface area contributed by atoms with E-state index in [9.17, 15) is 4.79 Å². The Labute approximate surface area is 80.3 Å². The molecule has 5 nitrogen and oxygen atoms in total. The second kappa shape index (κ2) is 3.10. The highest BCUT2D eigenvalue weighted by atomic mass is 16.5. The summed E-state index contributed by atoms with van der Waals surface area (Å²) in [6.07, 6.45) is 3.16. The molecule has 0 aliphatic heterocycles. The van der Waals surface area contributed by atoms with Gasteiger partial charge in [0.1, 0.15) is 16.8 Å². The Morgan fingerprint density at radius 1 is 1.57 bits per heavy atom. The number of carbonyl (C=O) groups is 1. The van der Waals surface area contributed by atoms with E-state index in [-0.39, 0.29) is 5.91 Å². The summed E-state index contributed by atoms with van der Waals surface area (Å²) in [6, 6.07) is 1.70. The van der Waals surface area contributed by atoms with E-state index in [1.165, 1.54) is 11.6 Å². The first-order valence-electron chi connectivity index (χ1n) is 4.11. The van der Waals surface area contributed by atoms with Crippen LogP contribution in [0.3, 0.4) is 0 Å². The lowest BCUT2D eigenvalue weighted by molar-refractivity contribution is 0.0926. The van der Waals surface area contributed by atoms with Crippen molar-refractivity contribution >= 4 is 16.9 Å². The lowest BCUT2D eigenvalue weighted by atomic mass is 10.3. The molecule has 0 N–H and O–H groups in total. The largest absolute Gasteiger partial charge is 0.494 e. The topological polar surface area (TPSA) is 57.0 Å². The summed E-state index contributed by atoms with van der Waals surface area (Å²) < 4.78 is 6.40. The summed E-state index contributed by atoms with van der Waals surface area (Å²) in [5.74, 6) is 0.439. The van der Waals surface area contributed by atoms with E-state index in [1.54, 1.807) is 25.6 Å². The van der Waals surface area contributed by atoms with Gasteiger partial charge in [0.2, 0.25) is 5.91 Å². The number of carbonyl (C=O) groups excluding carboxylic acids is 1. The minimum Gasteiger partial charge on any atom is -0.494 e. The number of nitrogens with zero attached hydrogens (tertiary/aromatic N) is 3. The number of rotatable bonds is 1. The van der Waals surface area contributed by atoms with Gasteiger partial charge in [0.15, 0.2) is 0 Å². The fourth-order valence-corrected chi connectivity index (χ4v) is 1.33. The molecule has 0 bridgehead atoms. The van der Waals surface area contributed by atoms with Crippen LogP contribution in [0.2, 0.25) is 0 Å². The quantitative estimate of drug-likeness (QED) is 0.677. The zero-order chi connectivity index (χ0) is 10.1. The summed E-state index contributed by atoms with van der Waals surface area (Å²) >= 11 is 0. The van der Waals surface area contributed by atoms with Crippen molar-refractivity contribution in [1.29, 1.82) is 0 Å². The molecular formula is C9H9N3O2. The molecular weight excluding hydrogens is 182 g/mol. The lowest BCUT2D eigenvalue weighted by Gasteiger charge is -2.02. The van der Waals surface area contributed by atoms with Crippen LogP contribution in [0, 0.1) is 0 Å². The molecule has 2 aromatic heterocycles. The van der Waals surface area contributed by atoms with Gasteiger partial charge in [-0.15, -0.1) is 0 Å². The van der Waals surface area contributed by atoms with Gasteiger partial charge >= 0.3 is 0 Å². The highest BCUT2D eigenvalue weighted by Crippen LogP contribution is 2.22. The predicted octanol–water partition coefficient (Wildman–Crippen LogP) is 1.10. The average Bonchev–Trinajstić information content (AvgIpc) is 2.60. The van der Waals surface area contributed by atoms with Gasteiger partial charge in [-0.05, 0) is 0 Å². The maximum absolute atomic E-state index is 11.2. The minimum absolute atomic E-state index is 0.161. The van der Waals surface area contributed by atoms with Crippen LogP contribution < -0.4 is 4.74 Å². The zero-order valence-electron chi connectivity index (χ0n) is 7.89. The van der Waals surface area contributed by atoms with Gasteiger partial charge in [0, 0.05) is 19.2 Å². The molecule has 0 unspecified atom stereocenters. The molecule has 0 aliphatic carbocycles. The molecule has 2 heterocycles. The molecule has 72 valence electrons. The van der Waals surface area contributed by atoms with Crippen molar-refractivity contribution in [3.8, 4) is 5.75 Å². The van der Waals surface area contributed by atoms with E-state index in [2.05, 4.69) is 10.1 Å². The van der Waals surface area contributed by atoms with Gasteiger partial charge in [-0.25, -0.2) is 0 Å². The first-order chi connectivity index (χ1) is 6.74. The maximum Gasteiger partial charge on any atom is 0.244 e. The molecule has 0 saturated carbocycles. The number of pyridine rings is 1. The number of methoxy groups -OCH3 is 1. The lowest BCUT2D eigenvalue weighted by Crippen LogP contribution is -2.07. The second-order valence-electron chi connectivity index (χ2n) is 2.82. The van der Waals surface area contributed by atoms with Crippen LogP contribution in [0.25, 0.3) is 11.0 Å². The summed E-state index contributed by atoms with van der Waals surface area (Å²) in [7, 11) is 1.55. The van der Waals surface area contributed by atoms with Crippen LogP contribution in [0.1, 0.15) is 11.7 Å². The summed E-state index contributed by atoms with van der Waals surface area (Å²) in [5.41, 5.74) is 1.27. The molecule has 0 fully saturated rings. The monoisotopic (exact) mass is 191 g/mol. The van der Waals surface area contributed by atoms with Gasteiger partial charge in [-0.2, -0.15) is 9.78 Å². The fourth-order valence-electron chi connectivity index (χ4n) is 1.33. The van der Waals surface area contributed by atoms with Crippen molar-refractivity contribution in [3.05, 3.63) is 18.5 Å². The molecule has 0 saturated heterocycles. The van der Waals surface area contributed by atoms with Crippen LogP contribution in [0.15, 0.2) is 18.5 Å². The second-order valence-corrected chi connectivity index (χ2v) is 2.82. The van der Waals surface area contributed by atoms with E-state index >= 15 is 0 Å². The van der Waals surface area contributed by atoms with Crippen LogP contribution in [0.4, 0.5) is 0 Å². The fraction of sp³-hybridized carbons (Fsp3) is 0.222. The van der Waals surface area contributed by atoms with Gasteiger partial charge < -0.3 is 4.74 Å². The first-order valence-corrected chi connectivity index (χ1v) is 4.11. The van der Waals surface area contributed by atoms with Crippen LogP contribution in [0.5, 0.6) is 5.75 Å². The molecule has 0 aliphatic rings. The molecule has 0 aromatic carbocycles. The molecule has 0 amide bonds. The Morgan fingerprint density at radius 2 is 2.36 bits per heavy atom. The number of aromatic nitrogens is 3. The van der Waals surface area contributed by atoms with E-state index in [0.717, 1.165) is 0 Å². The smallest absolute Gasteiger partial charge is 0.244 e. The predicted molar refractivity (Wildman–Crippen MR) is 50.4 cm³/mol. The first kappa shape index (κ1) is 8.68. The highest BCUT2D eigenvalue weighted by Gasteiger charge is 2.11. The molecule has 0 atom stereocenters. The normalized spacial score (nSPS) is 10.4. The Morgan fingerprint density at radius 3 is 3.00 bits per heavy atom. The molecule has 2 aromatic rings. The summed E-state index contributed by atoms with van der Waals surface area (Å²) in [6.45, 7) is 1.44. The number of hydrogen-bond acceptors (Lipinski definition) is 4. The number of fused-ring (bicyclic) bond motifs is 1. The standard InChI is InChI=1S/C9H9N3O2/c1-6(13)12-9-7(5-11-12)10-4-3-8(9)14-2/h3-5H,1-2H3. The van der Waals surface area contributed by atoms with Crippen LogP contribution in [-0.4, -0.2) is 27.8 Å². The Balaban J connectivity index is 2.81. The van der Waals surface area contributed by atoms with Crippen molar-refractivity contribution in [2.45, 2.75) is 6.92 Å². The molecule has 0 radical (unpaired) electrons. The van der Waals surface area contributed by atoms with E-state index in [0.29, 0.717) is 16.8 Å². The Hall–Kier alpha value is -1.91. The van der Waals surface area contributed by atoms with E-state index in [4.69, 9.17) is 4.74 Å². The van der Waals surface area contributed by atoms with E-state index < -0.39 is 0 Å². The van der Waals surface area contributed by atoms with Crippen LogP contribution >= 0.6 is 0 Å². The SMILES string of the molecule is COc1ccnc2cnn(C(C)=O)c12. The molecule has 14 heavy (non-hydrogen) atoms. The molecule has 2 rings (SSSR count). The van der Waals surface area contributed by atoms with E-state index in [1.807, 2.05) is 0 Å². The molecule has 0 spiro atoms. The number of hydrogen-bond donors (Lipinski definition) is 0. The summed E-state index contributed by atoms with van der Waals surface area (Å²) in [4.78, 5) is 15.3. The third kappa shape index (κ3) is 1.14. The molecule has 5 heteroatoms. The zero-order valence-corrected chi connectivity index (χ0v) is 7.89. The van der Waals surface area contributed by atoms with Crippen molar-refractivity contribution < 1.29 is 9.53 Å². The highest BCUT2D eigenvalue weighted by molar-refractivity contribution is 5.91. The Bertz CT molecular complexity index is 490. The number of ether oxygens (including phenoxy) is 1. The third-order valence-corrected chi connectivity index (χ3v) is 1.94. The van der Waals surface area contributed by atoms with Crippen LogP contribution in [-0.2, 0) is 0 Å². The Kier molecular flexibility index (Phi) is 1.92. The van der Waals surface area contributed by atoms with Crippen molar-refractivity contribution in [3.63, 3.8) is 0 Å². The van der Waals surface area contributed by atoms with Gasteiger partial charge in [0.05, 0.1) is 13.3 Å².